The van der Waals surface area contributed by atoms with Gasteiger partial charge < -0.3 is 4.90 Å². The highest BCUT2D eigenvalue weighted by atomic mass is 16.2. The van der Waals surface area contributed by atoms with Crippen molar-refractivity contribution in [1.29, 1.82) is 0 Å². The highest BCUT2D eigenvalue weighted by Gasteiger charge is 2.35. The maximum Gasteiger partial charge on any atom is 0.274 e. The Morgan fingerprint density at radius 3 is 2.94 bits per heavy atom. The monoisotopic (exact) mass is 248 g/mol. The Hall–Kier alpha value is -1.36. The third-order valence-electron chi connectivity index (χ3n) is 3.96. The van der Waals surface area contributed by atoms with Crippen molar-refractivity contribution >= 4 is 5.91 Å². The summed E-state index contributed by atoms with van der Waals surface area (Å²) in [5.74, 6) is 0.0981. The van der Waals surface area contributed by atoms with Gasteiger partial charge in [0.2, 0.25) is 0 Å². The molecular formula is C13H20N4O. The van der Waals surface area contributed by atoms with E-state index in [0.29, 0.717) is 17.8 Å². The average Bonchev–Trinajstić information content (AvgIpc) is 2.96. The molecule has 0 saturated carbocycles. The van der Waals surface area contributed by atoms with Crippen molar-refractivity contribution in [2.75, 3.05) is 26.2 Å². The fourth-order valence-corrected chi connectivity index (χ4v) is 2.86. The van der Waals surface area contributed by atoms with Gasteiger partial charge in [-0.1, -0.05) is 0 Å². The molecule has 5 heteroatoms. The van der Waals surface area contributed by atoms with Gasteiger partial charge in [-0.3, -0.25) is 14.4 Å². The first kappa shape index (κ1) is 11.7. The minimum absolute atomic E-state index is 0.0981. The van der Waals surface area contributed by atoms with Crippen molar-refractivity contribution in [3.05, 3.63) is 18.0 Å². The zero-order valence-electron chi connectivity index (χ0n) is 11.0. The standard InChI is InChI=1S/C13H20N4O/c1-10(2)17-6-4-12(14-17)13(18)16-8-7-15-5-3-11(16)9-15/h4,6,10-11H,3,5,7-9H2,1-2H3/t11-/m0/s1. The van der Waals surface area contributed by atoms with Crippen molar-refractivity contribution in [3.63, 3.8) is 0 Å². The van der Waals surface area contributed by atoms with E-state index in [0.717, 1.165) is 32.6 Å². The number of hydrogen-bond donors (Lipinski definition) is 0. The van der Waals surface area contributed by atoms with Crippen LogP contribution in [0, 0.1) is 0 Å². The fraction of sp³-hybridized carbons (Fsp3) is 0.692. The molecular weight excluding hydrogens is 228 g/mol. The molecule has 0 aliphatic carbocycles. The summed E-state index contributed by atoms with van der Waals surface area (Å²) in [5.41, 5.74) is 0.587. The van der Waals surface area contributed by atoms with E-state index in [9.17, 15) is 4.79 Å². The van der Waals surface area contributed by atoms with Crippen molar-refractivity contribution in [2.45, 2.75) is 32.4 Å². The van der Waals surface area contributed by atoms with E-state index >= 15 is 0 Å². The lowest BCUT2D eigenvalue weighted by Crippen LogP contribution is -2.49. The van der Waals surface area contributed by atoms with Crippen LogP contribution in [0.2, 0.25) is 0 Å². The number of aromatic nitrogens is 2. The molecule has 2 saturated heterocycles. The molecule has 18 heavy (non-hydrogen) atoms. The summed E-state index contributed by atoms with van der Waals surface area (Å²) in [4.78, 5) is 16.9. The maximum atomic E-state index is 12.5. The summed E-state index contributed by atoms with van der Waals surface area (Å²) in [5, 5.41) is 4.38. The van der Waals surface area contributed by atoms with Crippen LogP contribution < -0.4 is 0 Å². The number of rotatable bonds is 2. The van der Waals surface area contributed by atoms with Gasteiger partial charge in [-0.05, 0) is 26.3 Å². The first-order valence-corrected chi connectivity index (χ1v) is 6.73. The molecule has 98 valence electrons. The molecule has 3 rings (SSSR count). The molecule has 2 bridgehead atoms. The van der Waals surface area contributed by atoms with Gasteiger partial charge in [0.25, 0.3) is 5.91 Å². The van der Waals surface area contributed by atoms with Gasteiger partial charge in [-0.25, -0.2) is 0 Å². The van der Waals surface area contributed by atoms with Gasteiger partial charge in [-0.2, -0.15) is 5.10 Å². The van der Waals surface area contributed by atoms with Crippen LogP contribution in [-0.2, 0) is 0 Å². The number of carbonyl (C=O) groups is 1. The minimum Gasteiger partial charge on any atom is -0.332 e. The molecule has 1 amide bonds. The van der Waals surface area contributed by atoms with E-state index in [-0.39, 0.29) is 5.91 Å². The van der Waals surface area contributed by atoms with Crippen molar-refractivity contribution in [2.24, 2.45) is 0 Å². The summed E-state index contributed by atoms with van der Waals surface area (Å²) < 4.78 is 1.85. The SMILES string of the molecule is CC(C)n1ccc(C(=O)N2CCN3CC[C@H]2C3)n1. The molecule has 5 nitrogen and oxygen atoms in total. The smallest absolute Gasteiger partial charge is 0.274 e. The molecule has 0 radical (unpaired) electrons. The molecule has 1 aromatic heterocycles. The van der Waals surface area contributed by atoms with Crippen molar-refractivity contribution < 1.29 is 4.79 Å². The van der Waals surface area contributed by atoms with Crippen molar-refractivity contribution in [3.8, 4) is 0 Å². The Bertz CT molecular complexity index is 454. The quantitative estimate of drug-likeness (QED) is 0.784. The minimum atomic E-state index is 0.0981. The van der Waals surface area contributed by atoms with Crippen LogP contribution in [0.5, 0.6) is 0 Å². The third-order valence-corrected chi connectivity index (χ3v) is 3.96. The topological polar surface area (TPSA) is 41.4 Å². The van der Waals surface area contributed by atoms with Gasteiger partial charge in [-0.15, -0.1) is 0 Å². The average molecular weight is 248 g/mol. The summed E-state index contributed by atoms with van der Waals surface area (Å²) in [7, 11) is 0. The summed E-state index contributed by atoms with van der Waals surface area (Å²) in [6.07, 6.45) is 3.00. The molecule has 0 N–H and O–H groups in total. The molecule has 0 spiro atoms. The van der Waals surface area contributed by atoms with Crippen LogP contribution in [0.4, 0.5) is 0 Å². The predicted molar refractivity (Wildman–Crippen MR) is 68.5 cm³/mol. The highest BCUT2D eigenvalue weighted by molar-refractivity contribution is 5.92. The van der Waals surface area contributed by atoms with Gasteiger partial charge >= 0.3 is 0 Å². The molecule has 3 heterocycles. The van der Waals surface area contributed by atoms with E-state index in [1.54, 1.807) is 0 Å². The number of nitrogens with zero attached hydrogens (tertiary/aromatic N) is 4. The predicted octanol–water partition coefficient (Wildman–Crippen LogP) is 0.994. The summed E-state index contributed by atoms with van der Waals surface area (Å²) in [6.45, 7) is 8.16. The highest BCUT2D eigenvalue weighted by Crippen LogP contribution is 2.22. The summed E-state index contributed by atoms with van der Waals surface area (Å²) in [6, 6.07) is 2.54. The number of piperazine rings is 1. The van der Waals surface area contributed by atoms with Crippen LogP contribution in [0.1, 0.15) is 36.8 Å². The first-order chi connectivity index (χ1) is 8.65. The van der Waals surface area contributed by atoms with E-state index in [1.165, 1.54) is 0 Å². The van der Waals surface area contributed by atoms with Crippen LogP contribution in [0.15, 0.2) is 12.3 Å². The number of carbonyl (C=O) groups excluding carboxylic acids is 1. The van der Waals surface area contributed by atoms with Crippen LogP contribution in [0.3, 0.4) is 0 Å². The second kappa shape index (κ2) is 4.39. The Morgan fingerprint density at radius 2 is 2.22 bits per heavy atom. The van der Waals surface area contributed by atoms with E-state index < -0.39 is 0 Å². The fourth-order valence-electron chi connectivity index (χ4n) is 2.86. The summed E-state index contributed by atoms with van der Waals surface area (Å²) >= 11 is 0. The van der Waals surface area contributed by atoms with Crippen LogP contribution in [-0.4, -0.2) is 57.7 Å². The molecule has 1 aromatic rings. The van der Waals surface area contributed by atoms with Crippen LogP contribution in [0.25, 0.3) is 0 Å². The first-order valence-electron chi connectivity index (χ1n) is 6.73. The second-order valence-electron chi connectivity index (χ2n) is 5.52. The van der Waals surface area contributed by atoms with E-state index in [1.807, 2.05) is 21.8 Å². The number of amides is 1. The number of fused-ring (bicyclic) bond motifs is 2. The Balaban J connectivity index is 1.77. The van der Waals surface area contributed by atoms with Crippen LogP contribution >= 0.6 is 0 Å². The maximum absolute atomic E-state index is 12.5. The second-order valence-corrected chi connectivity index (χ2v) is 5.52. The lowest BCUT2D eigenvalue weighted by molar-refractivity contribution is 0.0602. The third kappa shape index (κ3) is 1.92. The van der Waals surface area contributed by atoms with Gasteiger partial charge in [0.1, 0.15) is 5.69 Å². The van der Waals surface area contributed by atoms with Gasteiger partial charge in [0, 0.05) is 44.5 Å². The largest absolute Gasteiger partial charge is 0.332 e. The van der Waals surface area contributed by atoms with E-state index in [2.05, 4.69) is 23.8 Å². The molecule has 2 atom stereocenters. The van der Waals surface area contributed by atoms with E-state index in [4.69, 9.17) is 0 Å². The molecule has 2 aliphatic heterocycles. The Kier molecular flexibility index (Phi) is 2.86. The molecule has 0 aromatic carbocycles. The number of hydrogen-bond acceptors (Lipinski definition) is 3. The molecule has 2 aliphatic rings. The zero-order chi connectivity index (χ0) is 12.7. The normalized spacial score (nSPS) is 26.9. The molecule has 2 fully saturated rings. The lowest BCUT2D eigenvalue weighted by Gasteiger charge is -2.33. The Morgan fingerprint density at radius 1 is 1.39 bits per heavy atom. The lowest BCUT2D eigenvalue weighted by atomic mass is 10.2. The van der Waals surface area contributed by atoms with Gasteiger partial charge in [0.05, 0.1) is 0 Å². The van der Waals surface area contributed by atoms with Gasteiger partial charge in [0.15, 0.2) is 0 Å². The van der Waals surface area contributed by atoms with Crippen molar-refractivity contribution in [1.82, 2.24) is 19.6 Å². The molecule has 1 unspecified atom stereocenters. The zero-order valence-corrected chi connectivity index (χ0v) is 11.0. The Labute approximate surface area is 107 Å².